The first-order valence-electron chi connectivity index (χ1n) is 11.9. The van der Waals surface area contributed by atoms with Crippen LogP contribution in [-0.2, 0) is 15.5 Å². The third-order valence-corrected chi connectivity index (χ3v) is 9.86. The zero-order valence-corrected chi connectivity index (χ0v) is 24.8. The van der Waals surface area contributed by atoms with Crippen LogP contribution in [0.5, 0.6) is 11.5 Å². The minimum absolute atomic E-state index is 0.0496. The molecule has 0 amide bonds. The summed E-state index contributed by atoms with van der Waals surface area (Å²) in [6, 6.07) is 16.8. The molecule has 0 aliphatic heterocycles. The van der Waals surface area contributed by atoms with Crippen LogP contribution in [0, 0.1) is 0 Å². The minimum atomic E-state index is -1.32. The Kier molecular flexibility index (Phi) is 11.1. The fraction of sp³-hybridized carbons (Fsp3) is 0.500. The first-order valence-corrected chi connectivity index (χ1v) is 20.5. The highest BCUT2D eigenvalue weighted by molar-refractivity contribution is 6.76. The number of rotatable bonds is 14. The number of benzene rings is 2. The monoisotopic (exact) mass is 516 g/mol. The Morgan fingerprint density at radius 1 is 0.882 bits per heavy atom. The molecule has 0 saturated carbocycles. The molecule has 0 saturated heterocycles. The molecule has 0 heterocycles. The summed E-state index contributed by atoms with van der Waals surface area (Å²) in [7, 11) is -0.456. The van der Waals surface area contributed by atoms with E-state index in [0.29, 0.717) is 40.1 Å². The highest BCUT2D eigenvalue weighted by atomic mass is 28.3. The lowest BCUT2D eigenvalue weighted by Crippen LogP contribution is -2.24. The van der Waals surface area contributed by atoms with Crippen molar-refractivity contribution in [3.05, 3.63) is 53.6 Å². The van der Waals surface area contributed by atoms with E-state index in [1.54, 1.807) is 13.2 Å². The van der Waals surface area contributed by atoms with Crippen molar-refractivity contribution in [1.82, 2.24) is 0 Å². The molecule has 2 rings (SSSR count). The number of hydrogen-bond donors (Lipinski definition) is 0. The molecule has 2 aromatic carbocycles. The Hall–Kier alpha value is -1.88. The Bertz CT molecular complexity index is 905. The van der Waals surface area contributed by atoms with Gasteiger partial charge in [0.2, 0.25) is 0 Å². The standard InChI is InChI=1S/C26H40O5Si3/c1-28-20-31-24-18-22(29-13-15-33(2,3)4)17-21(19-32-23-11-9-8-10-12-23)25(24)26(27)30-14-16-34(5,6)7/h8-12,17-18H,13-16,19-20H2,1-7H3. The molecule has 0 spiro atoms. The van der Waals surface area contributed by atoms with Crippen molar-refractivity contribution < 1.29 is 23.7 Å². The molecule has 0 unspecified atom stereocenters. The average molecular weight is 517 g/mol. The van der Waals surface area contributed by atoms with Gasteiger partial charge < -0.3 is 18.9 Å². The van der Waals surface area contributed by atoms with Gasteiger partial charge >= 0.3 is 5.97 Å². The number of methoxy groups -OCH3 is 1. The summed E-state index contributed by atoms with van der Waals surface area (Å²) in [5.74, 6) is 0.833. The number of carbonyl (C=O) groups is 1. The van der Waals surface area contributed by atoms with Gasteiger partial charge in [0.05, 0.1) is 22.7 Å². The van der Waals surface area contributed by atoms with Gasteiger partial charge in [0.15, 0.2) is 6.79 Å². The summed E-state index contributed by atoms with van der Waals surface area (Å²) in [5.41, 5.74) is 1.37. The molecule has 0 aromatic heterocycles. The van der Waals surface area contributed by atoms with Crippen LogP contribution in [-0.4, -0.2) is 58.8 Å². The van der Waals surface area contributed by atoms with Crippen molar-refractivity contribution in [1.29, 1.82) is 0 Å². The molecular formula is C26H40O5Si3. The van der Waals surface area contributed by atoms with E-state index in [2.05, 4.69) is 51.4 Å². The van der Waals surface area contributed by atoms with Crippen LogP contribution >= 0.6 is 0 Å². The second kappa shape index (κ2) is 13.3. The van der Waals surface area contributed by atoms with Gasteiger partial charge in [-0.2, -0.15) is 0 Å². The van der Waals surface area contributed by atoms with Crippen LogP contribution in [0.15, 0.2) is 42.5 Å². The lowest BCUT2D eigenvalue weighted by Gasteiger charge is -2.20. The summed E-state index contributed by atoms with van der Waals surface area (Å²) in [4.78, 5) is 13.2. The maximum absolute atomic E-state index is 13.2. The maximum Gasteiger partial charge on any atom is 0.342 e. The molecule has 0 atom stereocenters. The molecular weight excluding hydrogens is 477 g/mol. The number of ether oxygens (including phenoxy) is 4. The van der Waals surface area contributed by atoms with Gasteiger partial charge in [-0.25, -0.2) is 4.79 Å². The summed E-state index contributed by atoms with van der Waals surface area (Å²) in [5, 5.41) is 1.24. The van der Waals surface area contributed by atoms with E-state index >= 15 is 0 Å². The smallest absolute Gasteiger partial charge is 0.342 e. The molecule has 8 heteroatoms. The topological polar surface area (TPSA) is 54.0 Å². The highest BCUT2D eigenvalue weighted by Crippen LogP contribution is 2.31. The molecule has 5 nitrogen and oxygen atoms in total. The van der Waals surface area contributed by atoms with Crippen molar-refractivity contribution in [2.45, 2.75) is 57.4 Å². The average Bonchev–Trinajstić information content (AvgIpc) is 2.75. The zero-order chi connectivity index (χ0) is 25.2. The summed E-state index contributed by atoms with van der Waals surface area (Å²) in [6.07, 6.45) is 0. The van der Waals surface area contributed by atoms with Gasteiger partial charge in [-0.05, 0) is 29.8 Å². The van der Waals surface area contributed by atoms with Gasteiger partial charge in [-0.15, -0.1) is 0 Å². The molecule has 186 valence electrons. The van der Waals surface area contributed by atoms with E-state index in [1.807, 2.05) is 24.3 Å². The van der Waals surface area contributed by atoms with Crippen LogP contribution in [0.25, 0.3) is 0 Å². The first kappa shape index (κ1) is 28.4. The van der Waals surface area contributed by atoms with Crippen molar-refractivity contribution in [2.75, 3.05) is 27.1 Å². The zero-order valence-electron chi connectivity index (χ0n) is 21.8. The normalized spacial score (nSPS) is 11.9. The van der Waals surface area contributed by atoms with Crippen LogP contribution in [0.3, 0.4) is 0 Å². The van der Waals surface area contributed by atoms with E-state index in [0.717, 1.165) is 23.4 Å². The minimum Gasteiger partial charge on any atom is -0.494 e. The number of esters is 1. The predicted octanol–water partition coefficient (Wildman–Crippen LogP) is 5.41. The van der Waals surface area contributed by atoms with E-state index in [-0.39, 0.29) is 12.8 Å². The van der Waals surface area contributed by atoms with E-state index in [9.17, 15) is 4.79 Å². The molecule has 0 aliphatic carbocycles. The highest BCUT2D eigenvalue weighted by Gasteiger charge is 2.23. The van der Waals surface area contributed by atoms with Crippen molar-refractivity contribution in [3.63, 3.8) is 0 Å². The van der Waals surface area contributed by atoms with Gasteiger partial charge in [0.1, 0.15) is 17.1 Å². The Labute approximate surface area is 210 Å². The molecule has 2 radical (unpaired) electrons. The largest absolute Gasteiger partial charge is 0.494 e. The number of carbonyl (C=O) groups excluding carboxylic acids is 1. The molecule has 2 aromatic rings. The Morgan fingerprint density at radius 2 is 1.53 bits per heavy atom. The quantitative estimate of drug-likeness (QED) is 0.191. The van der Waals surface area contributed by atoms with Crippen LogP contribution < -0.4 is 14.7 Å². The van der Waals surface area contributed by atoms with Gasteiger partial charge in [0.25, 0.3) is 0 Å². The third-order valence-electron chi connectivity index (χ3n) is 5.16. The van der Waals surface area contributed by atoms with Crippen LogP contribution in [0.2, 0.25) is 51.4 Å². The van der Waals surface area contributed by atoms with Crippen LogP contribution in [0.4, 0.5) is 0 Å². The van der Waals surface area contributed by atoms with Gasteiger partial charge in [0, 0.05) is 29.3 Å². The first-order chi connectivity index (χ1) is 16.0. The molecule has 0 bridgehead atoms. The Balaban J connectivity index is 2.34. The third kappa shape index (κ3) is 10.6. The lowest BCUT2D eigenvalue weighted by molar-refractivity contribution is 0.0435. The SMILES string of the molecule is COCOc1cc(OCC[Si](C)(C)C)cc(C[Si]c2ccccc2)c1C(=O)OCC[Si](C)(C)C. The number of hydrogen-bond acceptors (Lipinski definition) is 5. The maximum atomic E-state index is 13.2. The van der Waals surface area contributed by atoms with Crippen molar-refractivity contribution in [2.24, 2.45) is 0 Å². The second-order valence-electron chi connectivity index (χ2n) is 10.8. The van der Waals surface area contributed by atoms with Crippen molar-refractivity contribution >= 4 is 36.8 Å². The second-order valence-corrected chi connectivity index (χ2v) is 23.4. The van der Waals surface area contributed by atoms with Crippen molar-refractivity contribution in [3.8, 4) is 11.5 Å². The van der Waals surface area contributed by atoms with Gasteiger partial charge in [-0.3, -0.25) is 0 Å². The van der Waals surface area contributed by atoms with E-state index in [4.69, 9.17) is 18.9 Å². The Morgan fingerprint density at radius 3 is 2.15 bits per heavy atom. The molecule has 34 heavy (non-hydrogen) atoms. The van der Waals surface area contributed by atoms with E-state index in [1.165, 1.54) is 5.19 Å². The lowest BCUT2D eigenvalue weighted by atomic mass is 10.1. The van der Waals surface area contributed by atoms with E-state index < -0.39 is 16.1 Å². The van der Waals surface area contributed by atoms with Crippen LogP contribution in [0.1, 0.15) is 15.9 Å². The fourth-order valence-corrected chi connectivity index (χ4v) is 5.62. The summed E-state index contributed by atoms with van der Waals surface area (Å²) in [6.45, 7) is 14.9. The molecule has 0 fully saturated rings. The fourth-order valence-electron chi connectivity index (χ4n) is 3.09. The molecule has 0 N–H and O–H groups in total. The van der Waals surface area contributed by atoms with Gasteiger partial charge in [-0.1, -0.05) is 74.8 Å². The summed E-state index contributed by atoms with van der Waals surface area (Å²) >= 11 is 0. The predicted molar refractivity (Wildman–Crippen MR) is 147 cm³/mol. The molecule has 0 aliphatic rings. The summed E-state index contributed by atoms with van der Waals surface area (Å²) < 4.78 is 22.8.